The number of carbonyl (C=O) groups is 2. The van der Waals surface area contributed by atoms with E-state index >= 15 is 0 Å². The van der Waals surface area contributed by atoms with Crippen LogP contribution in [-0.2, 0) is 9.59 Å². The van der Waals surface area contributed by atoms with Crippen LogP contribution in [0, 0.1) is 12.3 Å². The maximum atomic E-state index is 11.8. The maximum Gasteiger partial charge on any atom is 0.319 e. The third-order valence-corrected chi connectivity index (χ3v) is 3.28. The third kappa shape index (κ3) is 2.13. The van der Waals surface area contributed by atoms with Gasteiger partial charge in [0.2, 0.25) is 5.91 Å². The van der Waals surface area contributed by atoms with Gasteiger partial charge in [0, 0.05) is 0 Å². The number of carboxylic acids is 1. The first-order valence-electron chi connectivity index (χ1n) is 5.27. The van der Waals surface area contributed by atoms with Crippen LogP contribution in [0.3, 0.4) is 0 Å². The Hall–Kier alpha value is -1.55. The zero-order valence-corrected chi connectivity index (χ0v) is 10.0. The van der Waals surface area contributed by atoms with Crippen molar-refractivity contribution >= 4 is 29.2 Å². The van der Waals surface area contributed by atoms with Crippen molar-refractivity contribution < 1.29 is 14.7 Å². The van der Waals surface area contributed by atoms with Crippen LogP contribution in [0.5, 0.6) is 0 Å². The van der Waals surface area contributed by atoms with E-state index in [2.05, 4.69) is 5.32 Å². The fourth-order valence-corrected chi connectivity index (χ4v) is 1.91. The van der Waals surface area contributed by atoms with Crippen LogP contribution in [-0.4, -0.2) is 17.0 Å². The second-order valence-corrected chi connectivity index (χ2v) is 4.73. The highest BCUT2D eigenvalue weighted by Gasteiger charge is 2.57. The summed E-state index contributed by atoms with van der Waals surface area (Å²) in [5.74, 6) is -1.56. The number of carboxylic acid groups (broad SMARTS) is 1. The first-order chi connectivity index (χ1) is 7.95. The number of rotatable bonds is 3. The summed E-state index contributed by atoms with van der Waals surface area (Å²) in [6.07, 6.45) is 0.773. The minimum absolute atomic E-state index is 0.387. The summed E-state index contributed by atoms with van der Waals surface area (Å²) >= 11 is 5.96. The predicted molar refractivity (Wildman–Crippen MR) is 64.1 cm³/mol. The Balaban J connectivity index is 2.17. The van der Waals surface area contributed by atoms with Crippen molar-refractivity contribution in [2.24, 2.45) is 5.41 Å². The first-order valence-corrected chi connectivity index (χ1v) is 5.64. The number of nitrogens with one attached hydrogen (secondary N) is 1. The normalized spacial score (nSPS) is 16.4. The molecule has 0 atom stereocenters. The van der Waals surface area contributed by atoms with E-state index in [0.717, 1.165) is 5.56 Å². The molecule has 0 radical (unpaired) electrons. The van der Waals surface area contributed by atoms with Gasteiger partial charge >= 0.3 is 5.97 Å². The Morgan fingerprint density at radius 3 is 2.53 bits per heavy atom. The van der Waals surface area contributed by atoms with Gasteiger partial charge in [-0.05, 0) is 37.5 Å². The summed E-state index contributed by atoms with van der Waals surface area (Å²) in [4.78, 5) is 22.8. The smallest absolute Gasteiger partial charge is 0.319 e. The van der Waals surface area contributed by atoms with Gasteiger partial charge in [0.25, 0.3) is 0 Å². The van der Waals surface area contributed by atoms with Gasteiger partial charge in [-0.15, -0.1) is 0 Å². The van der Waals surface area contributed by atoms with Crippen molar-refractivity contribution in [1.82, 2.24) is 0 Å². The maximum absolute atomic E-state index is 11.8. The van der Waals surface area contributed by atoms with E-state index in [1.807, 2.05) is 13.0 Å². The third-order valence-electron chi connectivity index (χ3n) is 2.97. The number of hydrogen-bond donors (Lipinski definition) is 2. The molecule has 0 spiro atoms. The van der Waals surface area contributed by atoms with Crippen LogP contribution >= 0.6 is 11.6 Å². The lowest BCUT2D eigenvalue weighted by molar-refractivity contribution is -0.147. The Morgan fingerprint density at radius 1 is 1.41 bits per heavy atom. The molecule has 0 aromatic heterocycles. The lowest BCUT2D eigenvalue weighted by Gasteiger charge is -2.12. The molecule has 0 heterocycles. The molecule has 4 nitrogen and oxygen atoms in total. The van der Waals surface area contributed by atoms with Gasteiger partial charge in [0.15, 0.2) is 0 Å². The standard InChI is InChI=1S/C12H12ClNO3/c1-7-2-3-9(8(13)6-7)14-10(15)12(4-5-12)11(16)17/h2-3,6H,4-5H2,1H3,(H,14,15)(H,16,17). The number of carbonyl (C=O) groups excluding carboxylic acids is 1. The van der Waals surface area contributed by atoms with E-state index < -0.39 is 17.3 Å². The van der Waals surface area contributed by atoms with Crippen molar-refractivity contribution in [2.45, 2.75) is 19.8 Å². The van der Waals surface area contributed by atoms with Gasteiger partial charge < -0.3 is 10.4 Å². The summed E-state index contributed by atoms with van der Waals surface area (Å²) in [5.41, 5.74) is 0.191. The van der Waals surface area contributed by atoms with Gasteiger partial charge in [-0.2, -0.15) is 0 Å². The highest BCUT2D eigenvalue weighted by Crippen LogP contribution is 2.47. The van der Waals surface area contributed by atoms with E-state index in [-0.39, 0.29) is 0 Å². The number of aryl methyl sites for hydroxylation is 1. The van der Waals surface area contributed by atoms with E-state index in [1.165, 1.54) is 0 Å². The van der Waals surface area contributed by atoms with E-state index in [4.69, 9.17) is 16.7 Å². The minimum atomic E-state index is -1.24. The fraction of sp³-hybridized carbons (Fsp3) is 0.333. The zero-order valence-electron chi connectivity index (χ0n) is 9.29. The van der Waals surface area contributed by atoms with Crippen LogP contribution < -0.4 is 5.32 Å². The second-order valence-electron chi connectivity index (χ2n) is 4.32. The lowest BCUT2D eigenvalue weighted by Crippen LogP contribution is -2.31. The number of halogens is 1. The van der Waals surface area contributed by atoms with Crippen LogP contribution in [0.4, 0.5) is 5.69 Å². The van der Waals surface area contributed by atoms with Gasteiger partial charge in [-0.25, -0.2) is 0 Å². The van der Waals surface area contributed by atoms with Crippen LogP contribution in [0.1, 0.15) is 18.4 Å². The van der Waals surface area contributed by atoms with Gasteiger partial charge in [0.1, 0.15) is 5.41 Å². The van der Waals surface area contributed by atoms with Gasteiger partial charge in [-0.3, -0.25) is 9.59 Å². The molecule has 1 amide bonds. The summed E-state index contributed by atoms with van der Waals surface area (Å²) < 4.78 is 0. The summed E-state index contributed by atoms with van der Waals surface area (Å²) in [7, 11) is 0. The molecule has 1 aliphatic rings. The molecule has 0 aliphatic heterocycles. The van der Waals surface area contributed by atoms with E-state index in [9.17, 15) is 9.59 Å². The van der Waals surface area contributed by atoms with Gasteiger partial charge in [-0.1, -0.05) is 17.7 Å². The number of anilines is 1. The molecule has 2 rings (SSSR count). The fourth-order valence-electron chi connectivity index (χ4n) is 1.63. The Morgan fingerprint density at radius 2 is 2.06 bits per heavy atom. The second kappa shape index (κ2) is 4.04. The molecular weight excluding hydrogens is 242 g/mol. The SMILES string of the molecule is Cc1ccc(NC(=O)C2(C(=O)O)CC2)c(Cl)c1. The molecule has 0 saturated heterocycles. The lowest BCUT2D eigenvalue weighted by atomic mass is 10.1. The summed E-state index contributed by atoms with van der Waals surface area (Å²) in [6.45, 7) is 1.89. The molecule has 2 N–H and O–H groups in total. The molecule has 90 valence electrons. The molecule has 1 fully saturated rings. The van der Waals surface area contributed by atoms with E-state index in [1.54, 1.807) is 12.1 Å². The average Bonchev–Trinajstić information content (AvgIpc) is 3.02. The van der Waals surface area contributed by atoms with Crippen molar-refractivity contribution in [1.29, 1.82) is 0 Å². The first kappa shape index (κ1) is 11.9. The number of aliphatic carboxylic acids is 1. The minimum Gasteiger partial charge on any atom is -0.480 e. The van der Waals surface area contributed by atoms with Crippen molar-refractivity contribution in [3.63, 3.8) is 0 Å². The molecule has 17 heavy (non-hydrogen) atoms. The molecule has 0 unspecified atom stereocenters. The molecule has 1 aromatic carbocycles. The quantitative estimate of drug-likeness (QED) is 0.813. The Bertz CT molecular complexity index is 495. The summed E-state index contributed by atoms with van der Waals surface area (Å²) in [6, 6.07) is 5.20. The topological polar surface area (TPSA) is 66.4 Å². The summed E-state index contributed by atoms with van der Waals surface area (Å²) in [5, 5.41) is 12.0. The highest BCUT2D eigenvalue weighted by molar-refractivity contribution is 6.34. The van der Waals surface area contributed by atoms with Crippen molar-refractivity contribution in [3.8, 4) is 0 Å². The molecule has 1 aromatic rings. The monoisotopic (exact) mass is 253 g/mol. The van der Waals surface area contributed by atoms with Crippen LogP contribution in [0.2, 0.25) is 5.02 Å². The number of hydrogen-bond acceptors (Lipinski definition) is 2. The van der Waals surface area contributed by atoms with E-state index in [0.29, 0.717) is 23.6 Å². The largest absolute Gasteiger partial charge is 0.480 e. The van der Waals surface area contributed by atoms with Crippen molar-refractivity contribution in [2.75, 3.05) is 5.32 Å². The molecule has 1 saturated carbocycles. The molecular formula is C12H12ClNO3. The van der Waals surface area contributed by atoms with Gasteiger partial charge in [0.05, 0.1) is 10.7 Å². The Labute approximate surface area is 104 Å². The van der Waals surface area contributed by atoms with Crippen LogP contribution in [0.15, 0.2) is 18.2 Å². The predicted octanol–water partition coefficient (Wildman–Crippen LogP) is 2.45. The molecule has 0 bridgehead atoms. The Kier molecular flexibility index (Phi) is 2.83. The zero-order chi connectivity index (χ0) is 12.6. The highest BCUT2D eigenvalue weighted by atomic mass is 35.5. The number of amides is 1. The molecule has 1 aliphatic carbocycles. The average molecular weight is 254 g/mol. The molecule has 5 heteroatoms. The van der Waals surface area contributed by atoms with Crippen LogP contribution in [0.25, 0.3) is 0 Å². The number of benzene rings is 1. The van der Waals surface area contributed by atoms with Crippen molar-refractivity contribution in [3.05, 3.63) is 28.8 Å².